The van der Waals surface area contributed by atoms with Crippen molar-refractivity contribution in [2.24, 2.45) is 0 Å². The number of hydrogen-bond donors (Lipinski definition) is 1. The van der Waals surface area contributed by atoms with Gasteiger partial charge in [-0.25, -0.2) is 0 Å². The Labute approximate surface area is 179 Å². The van der Waals surface area contributed by atoms with E-state index in [9.17, 15) is 9.59 Å². The minimum Gasteiger partial charge on any atom is -0.325 e. The standard InChI is InChI=1S/C22H22ClN3O2S/c1-13-5-7-18(12-14(13)2)26-21(27)10-9-20(25-26)29-16(4)22(28)24-19-8-6-17(23)11-15(19)3/h5-12,16H,1-4H3,(H,24,28). The zero-order valence-corrected chi connectivity index (χ0v) is 18.3. The lowest BCUT2D eigenvalue weighted by molar-refractivity contribution is -0.115. The highest BCUT2D eigenvalue weighted by Crippen LogP contribution is 2.24. The van der Waals surface area contributed by atoms with Gasteiger partial charge in [-0.2, -0.15) is 9.78 Å². The molecule has 3 aromatic rings. The average molecular weight is 428 g/mol. The summed E-state index contributed by atoms with van der Waals surface area (Å²) in [6.07, 6.45) is 0. The third-order valence-electron chi connectivity index (χ3n) is 4.62. The fourth-order valence-corrected chi connectivity index (χ4v) is 3.77. The normalized spacial score (nSPS) is 11.9. The van der Waals surface area contributed by atoms with Crippen LogP contribution < -0.4 is 10.9 Å². The van der Waals surface area contributed by atoms with E-state index in [1.54, 1.807) is 31.2 Å². The molecular weight excluding hydrogens is 406 g/mol. The van der Waals surface area contributed by atoms with Gasteiger partial charge in [-0.1, -0.05) is 29.4 Å². The fourth-order valence-electron chi connectivity index (χ4n) is 2.74. The highest BCUT2D eigenvalue weighted by Gasteiger charge is 2.17. The van der Waals surface area contributed by atoms with Crippen molar-refractivity contribution in [1.29, 1.82) is 0 Å². The van der Waals surface area contributed by atoms with E-state index in [0.717, 1.165) is 22.4 Å². The molecule has 1 atom stereocenters. The number of rotatable bonds is 5. The van der Waals surface area contributed by atoms with Gasteiger partial charge in [0, 0.05) is 16.8 Å². The molecule has 0 bridgehead atoms. The first-order valence-electron chi connectivity index (χ1n) is 9.16. The van der Waals surface area contributed by atoms with Crippen LogP contribution >= 0.6 is 23.4 Å². The Morgan fingerprint density at radius 2 is 1.79 bits per heavy atom. The molecule has 150 valence electrons. The van der Waals surface area contributed by atoms with Gasteiger partial charge in [0.05, 0.1) is 10.9 Å². The molecule has 0 fully saturated rings. The van der Waals surface area contributed by atoms with E-state index in [-0.39, 0.29) is 11.5 Å². The highest BCUT2D eigenvalue weighted by atomic mass is 35.5. The maximum atomic E-state index is 12.6. The summed E-state index contributed by atoms with van der Waals surface area (Å²) in [6, 6.07) is 14.2. The molecule has 1 amide bonds. The summed E-state index contributed by atoms with van der Waals surface area (Å²) in [4.78, 5) is 24.9. The van der Waals surface area contributed by atoms with E-state index in [1.165, 1.54) is 22.5 Å². The zero-order chi connectivity index (χ0) is 21.1. The van der Waals surface area contributed by atoms with Gasteiger partial charge < -0.3 is 5.32 Å². The topological polar surface area (TPSA) is 64.0 Å². The average Bonchev–Trinajstić information content (AvgIpc) is 2.67. The predicted octanol–water partition coefficient (Wildman–Crippen LogP) is 4.93. The minimum absolute atomic E-state index is 0.147. The molecule has 0 saturated heterocycles. The van der Waals surface area contributed by atoms with Crippen LogP contribution in [0, 0.1) is 20.8 Å². The van der Waals surface area contributed by atoms with Crippen LogP contribution in [-0.4, -0.2) is 20.9 Å². The molecule has 1 N–H and O–H groups in total. The second-order valence-corrected chi connectivity index (χ2v) is 8.70. The molecule has 0 aliphatic rings. The van der Waals surface area contributed by atoms with E-state index in [2.05, 4.69) is 10.4 Å². The molecule has 3 rings (SSSR count). The monoisotopic (exact) mass is 427 g/mol. The maximum absolute atomic E-state index is 12.6. The Bertz CT molecular complexity index is 1130. The van der Waals surface area contributed by atoms with Gasteiger partial charge in [-0.15, -0.1) is 0 Å². The SMILES string of the molecule is Cc1ccc(-n2nc(SC(C)C(=O)Nc3ccc(Cl)cc3C)ccc2=O)cc1C. The van der Waals surface area contributed by atoms with Crippen molar-refractivity contribution in [3.8, 4) is 5.69 Å². The number of carbonyl (C=O) groups excluding carboxylic acids is 1. The first-order chi connectivity index (χ1) is 13.7. The van der Waals surface area contributed by atoms with Crippen LogP contribution in [0.3, 0.4) is 0 Å². The molecule has 0 aliphatic carbocycles. The summed E-state index contributed by atoms with van der Waals surface area (Å²) in [6.45, 7) is 7.70. The Morgan fingerprint density at radius 3 is 2.48 bits per heavy atom. The molecule has 1 aromatic heterocycles. The molecule has 0 aliphatic heterocycles. The van der Waals surface area contributed by atoms with Crippen LogP contribution in [0.25, 0.3) is 5.69 Å². The lowest BCUT2D eigenvalue weighted by Crippen LogP contribution is -2.24. The summed E-state index contributed by atoms with van der Waals surface area (Å²) >= 11 is 7.26. The lowest BCUT2D eigenvalue weighted by Gasteiger charge is -2.14. The number of halogens is 1. The molecule has 0 spiro atoms. The van der Waals surface area contributed by atoms with Crippen LogP contribution in [0.15, 0.2) is 58.4 Å². The van der Waals surface area contributed by atoms with Gasteiger partial charge in [0.2, 0.25) is 5.91 Å². The number of aromatic nitrogens is 2. The maximum Gasteiger partial charge on any atom is 0.271 e. The van der Waals surface area contributed by atoms with Gasteiger partial charge >= 0.3 is 0 Å². The van der Waals surface area contributed by atoms with Crippen molar-refractivity contribution in [3.63, 3.8) is 0 Å². The molecule has 1 unspecified atom stereocenters. The number of nitrogens with zero attached hydrogens (tertiary/aromatic N) is 2. The van der Waals surface area contributed by atoms with E-state index in [4.69, 9.17) is 11.6 Å². The van der Waals surface area contributed by atoms with Crippen molar-refractivity contribution in [2.45, 2.75) is 38.0 Å². The number of hydrogen-bond acceptors (Lipinski definition) is 4. The van der Waals surface area contributed by atoms with Crippen LogP contribution in [-0.2, 0) is 4.79 Å². The first kappa shape index (κ1) is 21.1. The second-order valence-electron chi connectivity index (χ2n) is 6.90. The van der Waals surface area contributed by atoms with E-state index in [0.29, 0.717) is 15.7 Å². The van der Waals surface area contributed by atoms with Gasteiger partial charge in [0.25, 0.3) is 5.56 Å². The van der Waals surface area contributed by atoms with Gasteiger partial charge in [-0.05, 0) is 80.8 Å². The molecule has 1 heterocycles. The lowest BCUT2D eigenvalue weighted by atomic mass is 10.1. The van der Waals surface area contributed by atoms with Crippen molar-refractivity contribution in [1.82, 2.24) is 9.78 Å². The largest absolute Gasteiger partial charge is 0.325 e. The minimum atomic E-state index is -0.400. The van der Waals surface area contributed by atoms with Crippen molar-refractivity contribution in [2.75, 3.05) is 5.32 Å². The zero-order valence-electron chi connectivity index (χ0n) is 16.7. The Balaban J connectivity index is 1.78. The summed E-state index contributed by atoms with van der Waals surface area (Å²) in [7, 11) is 0. The second kappa shape index (κ2) is 8.84. The number of amides is 1. The fraction of sp³-hybridized carbons (Fsp3) is 0.227. The number of thioether (sulfide) groups is 1. The Morgan fingerprint density at radius 1 is 1.03 bits per heavy atom. The van der Waals surface area contributed by atoms with Gasteiger partial charge in [0.1, 0.15) is 5.03 Å². The van der Waals surface area contributed by atoms with Crippen molar-refractivity contribution in [3.05, 3.63) is 80.6 Å². The molecule has 7 heteroatoms. The molecule has 0 radical (unpaired) electrons. The molecule has 2 aromatic carbocycles. The smallest absolute Gasteiger partial charge is 0.271 e. The van der Waals surface area contributed by atoms with Gasteiger partial charge in [0.15, 0.2) is 0 Å². The summed E-state index contributed by atoms with van der Waals surface area (Å²) in [5, 5.41) is 8.18. The first-order valence-corrected chi connectivity index (χ1v) is 10.4. The number of nitrogens with one attached hydrogen (secondary N) is 1. The number of carbonyl (C=O) groups is 1. The van der Waals surface area contributed by atoms with E-state index in [1.807, 2.05) is 39.0 Å². The van der Waals surface area contributed by atoms with E-state index < -0.39 is 5.25 Å². The molecule has 29 heavy (non-hydrogen) atoms. The highest BCUT2D eigenvalue weighted by molar-refractivity contribution is 8.00. The third-order valence-corrected chi connectivity index (χ3v) is 5.89. The third kappa shape index (κ3) is 5.08. The number of anilines is 1. The van der Waals surface area contributed by atoms with E-state index >= 15 is 0 Å². The molecule has 0 saturated carbocycles. The molecule has 5 nitrogen and oxygen atoms in total. The van der Waals surface area contributed by atoms with Crippen LogP contribution in [0.1, 0.15) is 23.6 Å². The van der Waals surface area contributed by atoms with Crippen LogP contribution in [0.5, 0.6) is 0 Å². The Kier molecular flexibility index (Phi) is 6.45. The summed E-state index contributed by atoms with van der Waals surface area (Å²) < 4.78 is 1.36. The molecular formula is C22H22ClN3O2S. The predicted molar refractivity (Wildman–Crippen MR) is 119 cm³/mol. The number of aryl methyl sites for hydroxylation is 3. The van der Waals surface area contributed by atoms with Crippen LogP contribution in [0.2, 0.25) is 5.02 Å². The Hall–Kier alpha value is -2.57. The van der Waals surface area contributed by atoms with Crippen LogP contribution in [0.4, 0.5) is 5.69 Å². The summed E-state index contributed by atoms with van der Waals surface area (Å²) in [5.74, 6) is -0.147. The van der Waals surface area contributed by atoms with Crippen molar-refractivity contribution < 1.29 is 4.79 Å². The quantitative estimate of drug-likeness (QED) is 0.586. The summed E-state index contributed by atoms with van der Waals surface area (Å²) in [5.41, 5.74) is 4.33. The van der Waals surface area contributed by atoms with Crippen molar-refractivity contribution >= 4 is 35.0 Å². The van der Waals surface area contributed by atoms with Gasteiger partial charge in [-0.3, -0.25) is 9.59 Å². The number of benzene rings is 2.